The SMILES string of the molecule is O=C(NCC(=O)N1CC=CC1C(=O)NCC1=CC2C=NC=CC2N1)c1ccc2c(c1)Oc1ccccc1S2. The standard InChI is InChI=1S/C28H25N5O4S/c34-26(16-31-27(35)17-7-8-25-23(13-17)37-22-5-1-2-6-24(22)38-25)33-11-3-4-21(33)28(36)30-15-19-12-18-14-29-10-9-20(18)32-19/h1-10,12-14,18,20-21,32H,11,15-16H2,(H,30,36)(H,31,35). The molecule has 2 aromatic rings. The molecule has 3 atom stereocenters. The van der Waals surface area contributed by atoms with Crippen LogP contribution < -0.4 is 20.7 Å². The maximum atomic E-state index is 12.9. The highest BCUT2D eigenvalue weighted by atomic mass is 32.2. The first-order chi connectivity index (χ1) is 18.5. The van der Waals surface area contributed by atoms with Crippen molar-refractivity contribution >= 4 is 35.7 Å². The van der Waals surface area contributed by atoms with Crippen LogP contribution in [-0.2, 0) is 9.59 Å². The minimum atomic E-state index is -0.723. The Kier molecular flexibility index (Phi) is 6.47. The van der Waals surface area contributed by atoms with Crippen LogP contribution in [0.5, 0.6) is 11.5 Å². The zero-order chi connectivity index (χ0) is 26.1. The smallest absolute Gasteiger partial charge is 0.251 e. The molecule has 0 saturated heterocycles. The summed E-state index contributed by atoms with van der Waals surface area (Å²) in [6, 6.07) is 12.4. The minimum absolute atomic E-state index is 0.156. The molecule has 3 amide bonds. The lowest BCUT2D eigenvalue weighted by atomic mass is 10.0. The third kappa shape index (κ3) is 4.82. The molecular formula is C28H25N5O4S. The molecule has 38 heavy (non-hydrogen) atoms. The number of benzene rings is 2. The Morgan fingerprint density at radius 2 is 1.95 bits per heavy atom. The first kappa shape index (κ1) is 24.1. The second kappa shape index (κ2) is 10.2. The third-order valence-electron chi connectivity index (χ3n) is 6.69. The first-order valence-electron chi connectivity index (χ1n) is 12.3. The van der Waals surface area contributed by atoms with Crippen LogP contribution >= 0.6 is 11.8 Å². The van der Waals surface area contributed by atoms with Gasteiger partial charge in [0, 0.05) is 36.1 Å². The Morgan fingerprint density at radius 1 is 1.08 bits per heavy atom. The van der Waals surface area contributed by atoms with E-state index >= 15 is 0 Å². The summed E-state index contributed by atoms with van der Waals surface area (Å²) < 4.78 is 5.96. The number of hydrogen-bond acceptors (Lipinski definition) is 7. The summed E-state index contributed by atoms with van der Waals surface area (Å²) >= 11 is 1.58. The van der Waals surface area contributed by atoms with Gasteiger partial charge in [-0.1, -0.05) is 42.1 Å². The molecule has 4 aliphatic rings. The zero-order valence-corrected chi connectivity index (χ0v) is 21.1. The van der Waals surface area contributed by atoms with Crippen molar-refractivity contribution in [2.75, 3.05) is 19.6 Å². The predicted octanol–water partition coefficient (Wildman–Crippen LogP) is 2.63. The molecule has 0 aliphatic carbocycles. The average molecular weight is 528 g/mol. The summed E-state index contributed by atoms with van der Waals surface area (Å²) in [5, 5.41) is 8.93. The molecule has 4 heterocycles. The van der Waals surface area contributed by atoms with Gasteiger partial charge >= 0.3 is 0 Å². The monoisotopic (exact) mass is 527 g/mol. The second-order valence-corrected chi connectivity index (χ2v) is 10.3. The van der Waals surface area contributed by atoms with E-state index in [1.807, 2.05) is 48.7 Å². The molecule has 0 bridgehead atoms. The number of nitrogens with one attached hydrogen (secondary N) is 3. The number of nitrogens with zero attached hydrogens (tertiary/aromatic N) is 2. The summed E-state index contributed by atoms with van der Waals surface area (Å²) in [6.45, 7) is 0.420. The summed E-state index contributed by atoms with van der Waals surface area (Å²) in [4.78, 5) is 46.1. The van der Waals surface area contributed by atoms with Gasteiger partial charge in [-0.25, -0.2) is 0 Å². The van der Waals surface area contributed by atoms with E-state index in [0.29, 0.717) is 24.4 Å². The van der Waals surface area contributed by atoms with Crippen LogP contribution in [-0.4, -0.2) is 60.6 Å². The predicted molar refractivity (Wildman–Crippen MR) is 143 cm³/mol. The quantitative estimate of drug-likeness (QED) is 0.425. The van der Waals surface area contributed by atoms with Gasteiger partial charge in [-0.2, -0.15) is 0 Å². The lowest BCUT2D eigenvalue weighted by Crippen LogP contribution is -2.49. The number of amides is 3. The van der Waals surface area contributed by atoms with E-state index in [2.05, 4.69) is 20.9 Å². The Morgan fingerprint density at radius 3 is 2.84 bits per heavy atom. The number of para-hydroxylation sites is 1. The van der Waals surface area contributed by atoms with Gasteiger partial charge in [0.25, 0.3) is 5.91 Å². The van der Waals surface area contributed by atoms with Crippen molar-refractivity contribution in [2.45, 2.75) is 21.9 Å². The highest BCUT2D eigenvalue weighted by Gasteiger charge is 2.31. The van der Waals surface area contributed by atoms with Gasteiger partial charge in [0.05, 0.1) is 28.9 Å². The van der Waals surface area contributed by atoms with Crippen molar-refractivity contribution in [3.05, 3.63) is 84.2 Å². The fourth-order valence-electron chi connectivity index (χ4n) is 4.73. The van der Waals surface area contributed by atoms with E-state index in [9.17, 15) is 14.4 Å². The van der Waals surface area contributed by atoms with Crippen molar-refractivity contribution in [3.8, 4) is 11.5 Å². The normalized spacial score (nSPS) is 21.9. The Balaban J connectivity index is 1.02. The van der Waals surface area contributed by atoms with Crippen LogP contribution in [0.15, 0.2) is 93.4 Å². The maximum Gasteiger partial charge on any atom is 0.251 e. The number of ether oxygens (including phenoxy) is 1. The fraction of sp³-hybridized carbons (Fsp3) is 0.214. The van der Waals surface area contributed by atoms with Crippen molar-refractivity contribution in [1.82, 2.24) is 20.9 Å². The van der Waals surface area contributed by atoms with E-state index in [4.69, 9.17) is 4.74 Å². The van der Waals surface area contributed by atoms with Crippen LogP contribution in [0.25, 0.3) is 0 Å². The van der Waals surface area contributed by atoms with Crippen molar-refractivity contribution in [3.63, 3.8) is 0 Å². The molecule has 0 fully saturated rings. The molecule has 2 aromatic carbocycles. The highest BCUT2D eigenvalue weighted by Crippen LogP contribution is 2.46. The average Bonchev–Trinajstić information content (AvgIpc) is 3.60. The van der Waals surface area contributed by atoms with Crippen LogP contribution in [0.2, 0.25) is 0 Å². The van der Waals surface area contributed by atoms with Gasteiger partial charge in [0.1, 0.15) is 17.5 Å². The Labute approximate surface area is 223 Å². The number of carbonyl (C=O) groups is 3. The summed E-state index contributed by atoms with van der Waals surface area (Å²) in [7, 11) is 0. The second-order valence-electron chi connectivity index (χ2n) is 9.21. The van der Waals surface area contributed by atoms with Gasteiger partial charge < -0.3 is 25.6 Å². The number of fused-ring (bicyclic) bond motifs is 3. The van der Waals surface area contributed by atoms with Crippen LogP contribution in [0.1, 0.15) is 10.4 Å². The largest absolute Gasteiger partial charge is 0.455 e. The van der Waals surface area contributed by atoms with Gasteiger partial charge in [0.15, 0.2) is 0 Å². The Bertz CT molecular complexity index is 1430. The molecule has 9 nitrogen and oxygen atoms in total. The summed E-state index contributed by atoms with van der Waals surface area (Å²) in [5.74, 6) is 0.518. The number of rotatable bonds is 6. The van der Waals surface area contributed by atoms with Gasteiger partial charge in [-0.3, -0.25) is 19.4 Å². The van der Waals surface area contributed by atoms with E-state index in [0.717, 1.165) is 21.2 Å². The molecule has 10 heteroatoms. The van der Waals surface area contributed by atoms with Crippen molar-refractivity contribution < 1.29 is 19.1 Å². The molecule has 0 saturated carbocycles. The van der Waals surface area contributed by atoms with E-state index < -0.39 is 6.04 Å². The number of hydrogen-bond donors (Lipinski definition) is 3. The summed E-state index contributed by atoms with van der Waals surface area (Å²) in [5.41, 5.74) is 1.30. The maximum absolute atomic E-state index is 12.9. The molecule has 3 N–H and O–H groups in total. The molecule has 0 spiro atoms. The van der Waals surface area contributed by atoms with Crippen LogP contribution in [0, 0.1) is 5.92 Å². The number of carbonyl (C=O) groups excluding carboxylic acids is 3. The molecule has 0 radical (unpaired) electrons. The minimum Gasteiger partial charge on any atom is -0.455 e. The van der Waals surface area contributed by atoms with Crippen molar-refractivity contribution in [2.24, 2.45) is 10.9 Å². The molecule has 6 rings (SSSR count). The molecular weight excluding hydrogens is 502 g/mol. The topological polar surface area (TPSA) is 112 Å². The van der Waals surface area contributed by atoms with E-state index in [1.165, 1.54) is 4.90 Å². The van der Waals surface area contributed by atoms with E-state index in [-0.39, 0.29) is 36.2 Å². The lowest BCUT2D eigenvalue weighted by molar-refractivity contribution is -0.136. The molecule has 0 aromatic heterocycles. The van der Waals surface area contributed by atoms with Gasteiger partial charge in [-0.15, -0.1) is 0 Å². The molecule has 192 valence electrons. The fourth-order valence-corrected chi connectivity index (χ4v) is 5.66. The summed E-state index contributed by atoms with van der Waals surface area (Å²) in [6.07, 6.45) is 11.1. The highest BCUT2D eigenvalue weighted by molar-refractivity contribution is 7.99. The van der Waals surface area contributed by atoms with Crippen LogP contribution in [0.4, 0.5) is 0 Å². The molecule has 4 aliphatic heterocycles. The van der Waals surface area contributed by atoms with E-state index in [1.54, 1.807) is 42.2 Å². The van der Waals surface area contributed by atoms with Crippen LogP contribution in [0.3, 0.4) is 0 Å². The van der Waals surface area contributed by atoms with Gasteiger partial charge in [0.2, 0.25) is 11.8 Å². The van der Waals surface area contributed by atoms with Crippen molar-refractivity contribution in [1.29, 1.82) is 0 Å². The third-order valence-corrected chi connectivity index (χ3v) is 7.81. The number of aliphatic imine (C=N–C) groups is 1. The van der Waals surface area contributed by atoms with Gasteiger partial charge in [-0.05, 0) is 36.4 Å². The first-order valence-corrected chi connectivity index (χ1v) is 13.1. The lowest BCUT2D eigenvalue weighted by Gasteiger charge is -2.24. The molecule has 3 unspecified atom stereocenters. The zero-order valence-electron chi connectivity index (χ0n) is 20.3. The Hall–Kier alpha value is -4.31.